The lowest BCUT2D eigenvalue weighted by Gasteiger charge is -2.40. The SMILES string of the molecule is CC[C@H](C)[C@@H]([C@@H](CC(=O)N1CCC[C@H]1[C@H](OC)[C@@H](C)C(=O)C[C@@H](Cc1ccccc1)C(=O)NS(=O)(=O)CCCn1cc(CNC(=O)CC(C)C(=O)O)nn1)OC)N(C)C(=O)[C@@H](N=C(N(C)C)N(C)C)C(C)C. The Kier molecular flexibility index (Phi) is 24.2. The van der Waals surface area contributed by atoms with Gasteiger partial charge in [0, 0.05) is 87.2 Å². The van der Waals surface area contributed by atoms with Crippen LogP contribution in [0, 0.1) is 29.6 Å². The predicted molar refractivity (Wildman–Crippen MR) is 273 cm³/mol. The van der Waals surface area contributed by atoms with Gasteiger partial charge in [0.15, 0.2) is 5.96 Å². The molecular weight excluding hydrogens is 949 g/mol. The average Bonchev–Trinajstić information content (AvgIpc) is 4.00. The van der Waals surface area contributed by atoms with Crippen molar-refractivity contribution in [2.75, 3.05) is 61.8 Å². The number of aliphatic imine (C=N–C) groups is 1. The van der Waals surface area contributed by atoms with Crippen molar-refractivity contribution < 1.29 is 51.8 Å². The first-order valence-electron chi connectivity index (χ1n) is 24.9. The van der Waals surface area contributed by atoms with Gasteiger partial charge in [-0.05, 0) is 43.1 Å². The van der Waals surface area contributed by atoms with Crippen LogP contribution < -0.4 is 10.0 Å². The van der Waals surface area contributed by atoms with E-state index in [9.17, 15) is 37.2 Å². The summed E-state index contributed by atoms with van der Waals surface area (Å²) in [5, 5.41) is 19.6. The van der Waals surface area contributed by atoms with Crippen LogP contribution in [0.3, 0.4) is 0 Å². The molecule has 22 heteroatoms. The Morgan fingerprint density at radius 3 is 2.15 bits per heavy atom. The molecule has 3 rings (SSSR count). The summed E-state index contributed by atoms with van der Waals surface area (Å²) in [4.78, 5) is 92.2. The number of nitrogens with zero attached hydrogens (tertiary/aromatic N) is 8. The molecule has 9 atom stereocenters. The first-order valence-corrected chi connectivity index (χ1v) is 26.5. The highest BCUT2D eigenvalue weighted by Crippen LogP contribution is 2.31. The lowest BCUT2D eigenvalue weighted by Crippen LogP contribution is -2.55. The zero-order valence-electron chi connectivity index (χ0n) is 44.7. The van der Waals surface area contributed by atoms with E-state index in [4.69, 9.17) is 19.6 Å². The molecule has 4 amide bonds. The van der Waals surface area contributed by atoms with Crippen LogP contribution in [0.1, 0.15) is 97.7 Å². The fraction of sp³-hybridized carbons (Fsp3) is 0.700. The molecule has 0 radical (unpaired) electrons. The highest BCUT2D eigenvalue weighted by atomic mass is 32.2. The van der Waals surface area contributed by atoms with E-state index < -0.39 is 81.6 Å². The number of hydrogen-bond acceptors (Lipinski definition) is 13. The number of aromatic nitrogens is 3. The number of hydrogen-bond donors (Lipinski definition) is 3. The number of rotatable bonds is 29. The molecule has 1 aliphatic rings. The number of likely N-dealkylation sites (tertiary alicyclic amines) is 1. The summed E-state index contributed by atoms with van der Waals surface area (Å²) in [6.07, 6.45) is 1.68. The number of aryl methyl sites for hydroxylation is 1. The molecule has 1 saturated heterocycles. The molecule has 1 fully saturated rings. The standard InChI is InChI=1S/C50H82N10O11S/c1-14-33(4)45(58(11)48(65)44(32(2)3)52-50(56(7)8)57(9)10)41(70-12)29-43(63)60-24-18-22-39(60)46(71-13)35(6)40(61)28-37(27-36-20-16-15-17-21-36)47(64)54-72(68,69)25-19-23-59-31-38(53-55-59)30-51-42(62)26-34(5)49(66)67/h15-17,20-21,31-35,37,39,41,44-46H,14,18-19,22-30H2,1-13H3,(H,51,62)(H,54,64)(H,66,67)/t33-,34?,35-,37+,39-,41+,44-,45-,46+/m0/s1. The largest absolute Gasteiger partial charge is 0.481 e. The van der Waals surface area contributed by atoms with E-state index in [1.54, 1.807) is 55.1 Å². The molecular formula is C50H82N10O11S. The van der Waals surface area contributed by atoms with Crippen molar-refractivity contribution in [3.63, 3.8) is 0 Å². The predicted octanol–water partition coefficient (Wildman–Crippen LogP) is 3.08. The van der Waals surface area contributed by atoms with Crippen LogP contribution >= 0.6 is 0 Å². The number of ketones is 1. The molecule has 72 heavy (non-hydrogen) atoms. The van der Waals surface area contributed by atoms with Crippen LogP contribution in [-0.2, 0) is 67.8 Å². The maximum atomic E-state index is 14.5. The van der Waals surface area contributed by atoms with Crippen molar-refractivity contribution in [1.82, 2.24) is 44.6 Å². The third-order valence-electron chi connectivity index (χ3n) is 13.5. The Morgan fingerprint density at radius 2 is 1.58 bits per heavy atom. The number of likely N-dealkylation sites (N-methyl/N-ethyl adjacent to an activating group) is 1. The van der Waals surface area contributed by atoms with Crippen LogP contribution in [0.5, 0.6) is 0 Å². The summed E-state index contributed by atoms with van der Waals surface area (Å²) in [6, 6.07) is 7.36. The van der Waals surface area contributed by atoms with Crippen LogP contribution in [0.2, 0.25) is 0 Å². The summed E-state index contributed by atoms with van der Waals surface area (Å²) < 4.78 is 42.3. The van der Waals surface area contributed by atoms with Crippen LogP contribution in [-0.4, -0.2) is 182 Å². The molecule has 21 nitrogen and oxygen atoms in total. The molecule has 0 saturated carbocycles. The van der Waals surface area contributed by atoms with Gasteiger partial charge in [-0.15, -0.1) is 5.10 Å². The molecule has 2 heterocycles. The van der Waals surface area contributed by atoms with Crippen molar-refractivity contribution in [3.05, 3.63) is 47.8 Å². The Hall–Kier alpha value is -5.48. The monoisotopic (exact) mass is 1030 g/mol. The molecule has 0 spiro atoms. The normalized spacial score (nSPS) is 17.1. The average molecular weight is 1030 g/mol. The number of guanidine groups is 1. The number of ether oxygens (including phenoxy) is 2. The number of carbonyl (C=O) groups excluding carboxylic acids is 5. The quantitative estimate of drug-likeness (QED) is 0.0782. The lowest BCUT2D eigenvalue weighted by molar-refractivity contribution is -0.146. The first-order chi connectivity index (χ1) is 33.8. The number of methoxy groups -OCH3 is 2. The second kappa shape index (κ2) is 28.7. The molecule has 1 aliphatic heterocycles. The van der Waals surface area contributed by atoms with Crippen molar-refractivity contribution in [2.24, 2.45) is 34.6 Å². The van der Waals surface area contributed by atoms with Crippen molar-refractivity contribution in [3.8, 4) is 0 Å². The van der Waals surface area contributed by atoms with Gasteiger partial charge < -0.3 is 39.5 Å². The number of nitrogens with one attached hydrogen (secondary N) is 2. The van der Waals surface area contributed by atoms with E-state index in [1.165, 1.54) is 24.9 Å². The minimum Gasteiger partial charge on any atom is -0.481 e. The van der Waals surface area contributed by atoms with Gasteiger partial charge in [-0.25, -0.2) is 13.4 Å². The fourth-order valence-electron chi connectivity index (χ4n) is 9.24. The van der Waals surface area contributed by atoms with Crippen LogP contribution in [0.15, 0.2) is 41.5 Å². The maximum Gasteiger partial charge on any atom is 0.306 e. The molecule has 2 aromatic rings. The number of sulfonamides is 1. The van der Waals surface area contributed by atoms with Gasteiger partial charge >= 0.3 is 5.97 Å². The summed E-state index contributed by atoms with van der Waals surface area (Å²) in [5.41, 5.74) is 1.12. The van der Waals surface area contributed by atoms with Gasteiger partial charge in [0.2, 0.25) is 33.7 Å². The van der Waals surface area contributed by atoms with E-state index in [-0.39, 0.29) is 74.6 Å². The zero-order chi connectivity index (χ0) is 54.0. The minimum absolute atomic E-state index is 0.00402. The molecule has 1 aromatic carbocycles. The number of amides is 4. The third kappa shape index (κ3) is 17.9. The van der Waals surface area contributed by atoms with Crippen molar-refractivity contribution >= 4 is 51.4 Å². The molecule has 404 valence electrons. The number of carboxylic acids is 1. The van der Waals surface area contributed by atoms with Crippen molar-refractivity contribution in [1.29, 1.82) is 0 Å². The van der Waals surface area contributed by atoms with Gasteiger partial charge in [-0.1, -0.05) is 83.5 Å². The molecule has 1 unspecified atom stereocenters. The number of benzene rings is 1. The summed E-state index contributed by atoms with van der Waals surface area (Å²) >= 11 is 0. The number of Topliss-reactive ketones (excluding diaryl/α,β-unsaturated/α-hetero) is 1. The van der Waals surface area contributed by atoms with E-state index >= 15 is 0 Å². The minimum atomic E-state index is -4.17. The molecule has 0 bridgehead atoms. The van der Waals surface area contributed by atoms with Crippen LogP contribution in [0.4, 0.5) is 0 Å². The lowest BCUT2D eigenvalue weighted by atomic mass is 9.85. The highest BCUT2D eigenvalue weighted by Gasteiger charge is 2.43. The molecule has 3 N–H and O–H groups in total. The third-order valence-corrected chi connectivity index (χ3v) is 14.8. The van der Waals surface area contributed by atoms with Gasteiger partial charge in [-0.2, -0.15) is 0 Å². The van der Waals surface area contributed by atoms with Gasteiger partial charge in [0.25, 0.3) is 0 Å². The topological polar surface area (TPSA) is 255 Å². The summed E-state index contributed by atoms with van der Waals surface area (Å²) in [5.74, 6) is -5.73. The maximum absolute atomic E-state index is 14.5. The highest BCUT2D eigenvalue weighted by molar-refractivity contribution is 7.90. The van der Waals surface area contributed by atoms with E-state index in [2.05, 4.69) is 20.4 Å². The van der Waals surface area contributed by atoms with Crippen molar-refractivity contribution in [2.45, 2.75) is 136 Å². The second-order valence-electron chi connectivity index (χ2n) is 19.9. The Balaban J connectivity index is 1.74. The summed E-state index contributed by atoms with van der Waals surface area (Å²) in [6.45, 7) is 11.7. The smallest absolute Gasteiger partial charge is 0.306 e. The van der Waals surface area contributed by atoms with E-state index in [0.29, 0.717) is 31.0 Å². The number of carbonyl (C=O) groups is 6. The van der Waals surface area contributed by atoms with Gasteiger partial charge in [0.1, 0.15) is 17.5 Å². The fourth-order valence-corrected chi connectivity index (χ4v) is 10.3. The molecule has 1 aromatic heterocycles. The summed E-state index contributed by atoms with van der Waals surface area (Å²) in [7, 11) is 8.12. The Morgan fingerprint density at radius 1 is 0.931 bits per heavy atom. The number of carboxylic acid groups (broad SMARTS) is 1. The Labute approximate surface area is 426 Å². The second-order valence-corrected chi connectivity index (χ2v) is 21.7. The zero-order valence-corrected chi connectivity index (χ0v) is 45.6. The first kappa shape index (κ1) is 60.8. The van der Waals surface area contributed by atoms with Crippen LogP contribution in [0.25, 0.3) is 0 Å². The van der Waals surface area contributed by atoms with Gasteiger partial charge in [0.05, 0.1) is 55.1 Å². The van der Waals surface area contributed by atoms with E-state index in [0.717, 1.165) is 12.0 Å². The number of aliphatic carboxylic acids is 1. The van der Waals surface area contributed by atoms with Gasteiger partial charge in [-0.3, -0.25) is 38.2 Å². The molecule has 0 aliphatic carbocycles. The Bertz CT molecular complexity index is 2230. The van der Waals surface area contributed by atoms with E-state index in [1.807, 2.05) is 71.8 Å².